The van der Waals surface area contributed by atoms with E-state index in [0.717, 1.165) is 30.0 Å². The quantitative estimate of drug-likeness (QED) is 0.625. The number of carbonyl (C=O) groups is 1. The normalized spacial score (nSPS) is 15.4. The number of carbonyl (C=O) groups excluding carboxylic acids is 1. The van der Waals surface area contributed by atoms with Crippen molar-refractivity contribution < 1.29 is 14.3 Å². The number of benzene rings is 2. The highest BCUT2D eigenvalue weighted by Crippen LogP contribution is 2.25. The molecule has 1 atom stereocenters. The average Bonchev–Trinajstić information content (AvgIpc) is 3.20. The minimum atomic E-state index is -0.198. The van der Waals surface area contributed by atoms with Gasteiger partial charge < -0.3 is 14.8 Å². The zero-order chi connectivity index (χ0) is 20.8. The molecule has 1 aliphatic rings. The van der Waals surface area contributed by atoms with Crippen molar-refractivity contribution in [1.29, 1.82) is 0 Å². The number of rotatable bonds is 8. The van der Waals surface area contributed by atoms with E-state index in [2.05, 4.69) is 23.6 Å². The Labute approximate surface area is 176 Å². The highest BCUT2D eigenvalue weighted by molar-refractivity contribution is 5.76. The molecule has 0 fully saturated rings. The Bertz CT molecular complexity index is 967. The maximum atomic E-state index is 12.3. The van der Waals surface area contributed by atoms with Crippen molar-refractivity contribution in [3.05, 3.63) is 83.2 Å². The van der Waals surface area contributed by atoms with Crippen LogP contribution < -0.4 is 10.1 Å². The fraction of sp³-hybridized carbons (Fsp3) is 0.333. The Balaban J connectivity index is 1.30. The van der Waals surface area contributed by atoms with Crippen molar-refractivity contribution in [2.75, 3.05) is 20.3 Å². The molecule has 4 rings (SSSR count). The minimum absolute atomic E-state index is 0.0188. The molecule has 1 aliphatic heterocycles. The predicted octanol–water partition coefficient (Wildman–Crippen LogP) is 3.30. The van der Waals surface area contributed by atoms with Crippen LogP contribution in [0.5, 0.6) is 5.75 Å². The molecule has 0 saturated heterocycles. The third-order valence-electron chi connectivity index (χ3n) is 5.34. The van der Waals surface area contributed by atoms with Crippen LogP contribution in [0.1, 0.15) is 34.9 Å². The van der Waals surface area contributed by atoms with Crippen LogP contribution in [0.25, 0.3) is 0 Å². The van der Waals surface area contributed by atoms with Crippen molar-refractivity contribution in [1.82, 2.24) is 15.1 Å². The van der Waals surface area contributed by atoms with Gasteiger partial charge in [0.15, 0.2) is 0 Å². The number of hydrogen-bond donors (Lipinski definition) is 1. The van der Waals surface area contributed by atoms with Crippen LogP contribution in [0.15, 0.2) is 60.8 Å². The number of aromatic nitrogens is 2. The van der Waals surface area contributed by atoms with E-state index < -0.39 is 0 Å². The fourth-order valence-electron chi connectivity index (χ4n) is 3.68. The summed E-state index contributed by atoms with van der Waals surface area (Å²) in [6.07, 6.45) is 3.89. The summed E-state index contributed by atoms with van der Waals surface area (Å²) in [6.45, 7) is 1.82. The Morgan fingerprint density at radius 3 is 2.73 bits per heavy atom. The van der Waals surface area contributed by atoms with E-state index in [1.165, 1.54) is 11.1 Å². The number of aryl methyl sites for hydroxylation is 1. The number of amides is 1. The van der Waals surface area contributed by atoms with Gasteiger partial charge in [0.1, 0.15) is 11.9 Å². The molecule has 0 saturated carbocycles. The topological polar surface area (TPSA) is 65.4 Å². The lowest BCUT2D eigenvalue weighted by atomic mass is 10.1. The first kappa shape index (κ1) is 20.2. The molecule has 6 nitrogen and oxygen atoms in total. The molecular weight excluding hydrogens is 378 g/mol. The van der Waals surface area contributed by atoms with Crippen LogP contribution in [0.4, 0.5) is 0 Å². The van der Waals surface area contributed by atoms with Gasteiger partial charge in [0.05, 0.1) is 26.0 Å². The van der Waals surface area contributed by atoms with Crippen LogP contribution >= 0.6 is 0 Å². The second-order valence-electron chi connectivity index (χ2n) is 7.48. The van der Waals surface area contributed by atoms with Gasteiger partial charge >= 0.3 is 0 Å². The highest BCUT2D eigenvalue weighted by atomic mass is 16.5. The standard InChI is InChI=1S/C24H27N3O3/c1-29-21-10-7-18(8-11-21)9-12-23(28)25-15-22-24-20(13-14-30-22)17-27(26-24)16-19-5-3-2-4-6-19/h2-8,10-11,17,22H,9,12-16H2,1H3,(H,25,28)/t22-/m0/s1. The zero-order valence-corrected chi connectivity index (χ0v) is 17.2. The molecule has 2 aromatic carbocycles. The summed E-state index contributed by atoms with van der Waals surface area (Å²) >= 11 is 0. The summed E-state index contributed by atoms with van der Waals surface area (Å²) in [7, 11) is 1.64. The Morgan fingerprint density at radius 2 is 1.97 bits per heavy atom. The largest absolute Gasteiger partial charge is 0.497 e. The van der Waals surface area contributed by atoms with Crippen molar-refractivity contribution >= 4 is 5.91 Å². The summed E-state index contributed by atoms with van der Waals surface area (Å²) in [5.41, 5.74) is 4.46. The zero-order valence-electron chi connectivity index (χ0n) is 17.2. The first-order valence-electron chi connectivity index (χ1n) is 10.3. The van der Waals surface area contributed by atoms with Crippen molar-refractivity contribution in [3.8, 4) is 5.75 Å². The molecular formula is C24H27N3O3. The summed E-state index contributed by atoms with van der Waals surface area (Å²) < 4.78 is 13.0. The number of methoxy groups -OCH3 is 1. The predicted molar refractivity (Wildman–Crippen MR) is 114 cm³/mol. The van der Waals surface area contributed by atoms with Gasteiger partial charge in [0, 0.05) is 19.2 Å². The summed E-state index contributed by atoms with van der Waals surface area (Å²) in [4.78, 5) is 12.3. The van der Waals surface area contributed by atoms with Gasteiger partial charge in [-0.15, -0.1) is 0 Å². The Kier molecular flexibility index (Phi) is 6.44. The molecule has 0 aliphatic carbocycles. The molecule has 0 unspecified atom stereocenters. The van der Waals surface area contributed by atoms with E-state index in [4.69, 9.17) is 14.6 Å². The van der Waals surface area contributed by atoms with Gasteiger partial charge in [-0.1, -0.05) is 42.5 Å². The SMILES string of the molecule is COc1ccc(CCC(=O)NC[C@@H]2OCCc3cn(Cc4ccccc4)nc32)cc1. The van der Waals surface area contributed by atoms with Gasteiger partial charge in [-0.05, 0) is 41.7 Å². The highest BCUT2D eigenvalue weighted by Gasteiger charge is 2.25. The van der Waals surface area contributed by atoms with Gasteiger partial charge in [0.2, 0.25) is 5.91 Å². The van der Waals surface area contributed by atoms with Crippen LogP contribution in [-0.2, 0) is 28.9 Å². The summed E-state index contributed by atoms with van der Waals surface area (Å²) in [5.74, 6) is 0.838. The maximum Gasteiger partial charge on any atom is 0.220 e. The van der Waals surface area contributed by atoms with Crippen LogP contribution in [0.2, 0.25) is 0 Å². The second-order valence-corrected chi connectivity index (χ2v) is 7.48. The average molecular weight is 405 g/mol. The maximum absolute atomic E-state index is 12.3. The van der Waals surface area contributed by atoms with Gasteiger partial charge in [0.25, 0.3) is 0 Å². The lowest BCUT2D eigenvalue weighted by Gasteiger charge is -2.22. The van der Waals surface area contributed by atoms with E-state index in [-0.39, 0.29) is 12.0 Å². The van der Waals surface area contributed by atoms with E-state index in [9.17, 15) is 4.79 Å². The van der Waals surface area contributed by atoms with Crippen molar-refractivity contribution in [3.63, 3.8) is 0 Å². The van der Waals surface area contributed by atoms with Crippen LogP contribution in [0, 0.1) is 0 Å². The molecule has 0 radical (unpaired) electrons. The molecule has 1 amide bonds. The molecule has 1 N–H and O–H groups in total. The number of hydrogen-bond acceptors (Lipinski definition) is 4. The van der Waals surface area contributed by atoms with E-state index in [1.807, 2.05) is 47.1 Å². The number of ether oxygens (including phenoxy) is 2. The number of fused-ring (bicyclic) bond motifs is 1. The second kappa shape index (κ2) is 9.59. The van der Waals surface area contributed by atoms with Gasteiger partial charge in [-0.2, -0.15) is 5.10 Å². The molecule has 6 heteroatoms. The van der Waals surface area contributed by atoms with E-state index >= 15 is 0 Å². The molecule has 2 heterocycles. The molecule has 156 valence electrons. The minimum Gasteiger partial charge on any atom is -0.497 e. The smallest absolute Gasteiger partial charge is 0.220 e. The van der Waals surface area contributed by atoms with Crippen molar-refractivity contribution in [2.45, 2.75) is 31.9 Å². The third kappa shape index (κ3) is 5.07. The monoisotopic (exact) mass is 405 g/mol. The third-order valence-corrected chi connectivity index (χ3v) is 5.34. The summed E-state index contributed by atoms with van der Waals surface area (Å²) in [5, 5.41) is 7.75. The molecule has 1 aromatic heterocycles. The number of nitrogens with one attached hydrogen (secondary N) is 1. The first-order valence-corrected chi connectivity index (χ1v) is 10.3. The van der Waals surface area contributed by atoms with Crippen molar-refractivity contribution in [2.24, 2.45) is 0 Å². The molecule has 3 aromatic rings. The Hall–Kier alpha value is -3.12. The molecule has 0 bridgehead atoms. The van der Waals surface area contributed by atoms with Crippen LogP contribution in [-0.4, -0.2) is 35.9 Å². The molecule has 30 heavy (non-hydrogen) atoms. The fourth-order valence-corrected chi connectivity index (χ4v) is 3.68. The van der Waals surface area contributed by atoms with E-state index in [1.54, 1.807) is 7.11 Å². The van der Waals surface area contributed by atoms with Gasteiger partial charge in [-0.25, -0.2) is 0 Å². The van der Waals surface area contributed by atoms with Gasteiger partial charge in [-0.3, -0.25) is 9.48 Å². The first-order chi connectivity index (χ1) is 14.7. The lowest BCUT2D eigenvalue weighted by Crippen LogP contribution is -2.32. The lowest BCUT2D eigenvalue weighted by molar-refractivity contribution is -0.121. The van der Waals surface area contributed by atoms with Crippen LogP contribution in [0.3, 0.4) is 0 Å². The summed E-state index contributed by atoms with van der Waals surface area (Å²) in [6, 6.07) is 18.1. The number of nitrogens with zero attached hydrogens (tertiary/aromatic N) is 2. The van der Waals surface area contributed by atoms with E-state index in [0.29, 0.717) is 26.0 Å². The molecule has 0 spiro atoms. The Morgan fingerprint density at radius 1 is 1.17 bits per heavy atom.